The van der Waals surface area contributed by atoms with E-state index in [2.05, 4.69) is 5.32 Å². The number of nitrogens with zero attached hydrogens (tertiary/aromatic N) is 1. The van der Waals surface area contributed by atoms with Gasteiger partial charge in [-0.05, 0) is 53.8 Å². The number of hydrogen-bond donors (Lipinski definition) is 1. The van der Waals surface area contributed by atoms with Gasteiger partial charge in [0, 0.05) is 17.9 Å². The summed E-state index contributed by atoms with van der Waals surface area (Å²) in [7, 11) is 0. The fourth-order valence-corrected chi connectivity index (χ4v) is 3.44. The maximum atomic E-state index is 12.5. The number of rotatable bonds is 3. The first-order valence-electron chi connectivity index (χ1n) is 7.55. The van der Waals surface area contributed by atoms with Gasteiger partial charge in [0.1, 0.15) is 0 Å². The molecule has 0 radical (unpaired) electrons. The third-order valence-electron chi connectivity index (χ3n) is 3.95. The van der Waals surface area contributed by atoms with E-state index < -0.39 is 0 Å². The monoisotopic (exact) mass is 338 g/mol. The number of hydrogen-bond acceptors (Lipinski definition) is 4. The molecular weight excluding hydrogens is 324 g/mol. The molecule has 0 saturated carbocycles. The summed E-state index contributed by atoms with van der Waals surface area (Å²) in [6.45, 7) is 0.608. The van der Waals surface area contributed by atoms with E-state index in [0.717, 1.165) is 23.4 Å². The molecule has 1 aliphatic heterocycles. The minimum absolute atomic E-state index is 0.119. The largest absolute Gasteiger partial charge is 0.459 e. The Labute approximate surface area is 142 Å². The number of amides is 2. The molecule has 4 rings (SSSR count). The predicted octanol–water partition coefficient (Wildman–Crippen LogP) is 3.80. The zero-order chi connectivity index (χ0) is 16.5. The first kappa shape index (κ1) is 14.7. The normalized spacial score (nSPS) is 12.9. The Bertz CT molecular complexity index is 885. The van der Waals surface area contributed by atoms with Crippen LogP contribution in [0.25, 0.3) is 0 Å². The number of fused-ring (bicyclic) bond motifs is 1. The van der Waals surface area contributed by atoms with Crippen molar-refractivity contribution in [2.45, 2.75) is 6.42 Å². The summed E-state index contributed by atoms with van der Waals surface area (Å²) in [5, 5.41) is 4.77. The molecule has 6 heteroatoms. The molecule has 0 spiro atoms. The van der Waals surface area contributed by atoms with E-state index in [1.54, 1.807) is 23.1 Å². The second-order valence-corrected chi connectivity index (χ2v) is 6.41. The van der Waals surface area contributed by atoms with Crippen molar-refractivity contribution in [3.05, 3.63) is 70.3 Å². The zero-order valence-corrected chi connectivity index (χ0v) is 13.5. The summed E-state index contributed by atoms with van der Waals surface area (Å²) in [5.74, 6) is 0.0681. The van der Waals surface area contributed by atoms with Crippen LogP contribution in [0.15, 0.2) is 58.5 Å². The van der Waals surface area contributed by atoms with Gasteiger partial charge in [-0.1, -0.05) is 6.07 Å². The molecule has 2 amide bonds. The van der Waals surface area contributed by atoms with Gasteiger partial charge in [-0.2, -0.15) is 0 Å². The van der Waals surface area contributed by atoms with Crippen molar-refractivity contribution in [1.29, 1.82) is 0 Å². The van der Waals surface area contributed by atoms with E-state index in [1.807, 2.05) is 29.6 Å². The Morgan fingerprint density at radius 1 is 1.17 bits per heavy atom. The minimum atomic E-state index is -0.144. The maximum absolute atomic E-state index is 12.5. The molecule has 0 saturated heterocycles. The molecular formula is C18H14N2O3S. The summed E-state index contributed by atoms with van der Waals surface area (Å²) >= 11 is 1.40. The van der Waals surface area contributed by atoms with Crippen LogP contribution in [-0.4, -0.2) is 18.4 Å². The van der Waals surface area contributed by atoms with Crippen LogP contribution in [-0.2, 0) is 6.42 Å². The van der Waals surface area contributed by atoms with E-state index in [1.165, 1.54) is 17.6 Å². The Morgan fingerprint density at radius 2 is 2.08 bits per heavy atom. The topological polar surface area (TPSA) is 62.6 Å². The molecule has 5 nitrogen and oxygen atoms in total. The van der Waals surface area contributed by atoms with Gasteiger partial charge in [-0.15, -0.1) is 11.3 Å². The highest BCUT2D eigenvalue weighted by Crippen LogP contribution is 2.32. The minimum Gasteiger partial charge on any atom is -0.459 e. The smallest absolute Gasteiger partial charge is 0.293 e. The van der Waals surface area contributed by atoms with Crippen molar-refractivity contribution < 1.29 is 14.0 Å². The molecule has 0 unspecified atom stereocenters. The molecule has 0 aliphatic carbocycles. The number of furan rings is 1. The van der Waals surface area contributed by atoms with Crippen LogP contribution in [0.5, 0.6) is 0 Å². The van der Waals surface area contributed by atoms with Crippen LogP contribution in [0.4, 0.5) is 11.4 Å². The van der Waals surface area contributed by atoms with E-state index >= 15 is 0 Å². The number of carbonyl (C=O) groups excluding carboxylic acids is 2. The molecule has 0 fully saturated rings. The van der Waals surface area contributed by atoms with E-state index in [4.69, 9.17) is 4.42 Å². The Hall–Kier alpha value is -2.86. The van der Waals surface area contributed by atoms with Crippen molar-refractivity contribution in [3.8, 4) is 0 Å². The van der Waals surface area contributed by atoms with Crippen molar-refractivity contribution in [1.82, 2.24) is 0 Å². The molecule has 3 heterocycles. The second kappa shape index (κ2) is 5.98. The molecule has 3 aromatic rings. The molecule has 2 aromatic heterocycles. The Balaban J connectivity index is 1.54. The fourth-order valence-electron chi connectivity index (χ4n) is 2.82. The van der Waals surface area contributed by atoms with Crippen molar-refractivity contribution in [2.75, 3.05) is 16.8 Å². The average molecular weight is 338 g/mol. The van der Waals surface area contributed by atoms with Gasteiger partial charge in [0.05, 0.1) is 11.1 Å². The molecule has 1 aliphatic rings. The molecule has 0 bridgehead atoms. The van der Waals surface area contributed by atoms with Crippen molar-refractivity contribution >= 4 is 34.5 Å². The van der Waals surface area contributed by atoms with E-state index in [9.17, 15) is 9.59 Å². The SMILES string of the molecule is O=C(Nc1ccc2c(c1)CCN2C(=O)c1ccco1)c1cccs1. The number of anilines is 2. The number of thiophene rings is 1. The quantitative estimate of drug-likeness (QED) is 0.790. The lowest BCUT2D eigenvalue weighted by atomic mass is 10.1. The third kappa shape index (κ3) is 2.61. The van der Waals surface area contributed by atoms with Crippen LogP contribution in [0.1, 0.15) is 25.8 Å². The predicted molar refractivity (Wildman–Crippen MR) is 92.8 cm³/mol. The van der Waals surface area contributed by atoms with Gasteiger partial charge in [0.2, 0.25) is 0 Å². The van der Waals surface area contributed by atoms with Gasteiger partial charge in [-0.3, -0.25) is 9.59 Å². The van der Waals surface area contributed by atoms with Crippen LogP contribution in [0.2, 0.25) is 0 Å². The number of carbonyl (C=O) groups is 2. The van der Waals surface area contributed by atoms with Gasteiger partial charge >= 0.3 is 0 Å². The number of benzene rings is 1. The summed E-state index contributed by atoms with van der Waals surface area (Å²) < 4.78 is 5.19. The Morgan fingerprint density at radius 3 is 2.83 bits per heavy atom. The van der Waals surface area contributed by atoms with Crippen LogP contribution < -0.4 is 10.2 Å². The van der Waals surface area contributed by atoms with Crippen LogP contribution in [0.3, 0.4) is 0 Å². The van der Waals surface area contributed by atoms with Gasteiger partial charge in [0.15, 0.2) is 5.76 Å². The summed E-state index contributed by atoms with van der Waals surface area (Å²) in [6, 6.07) is 12.6. The molecule has 1 aromatic carbocycles. The van der Waals surface area contributed by atoms with E-state index in [0.29, 0.717) is 17.2 Å². The lowest BCUT2D eigenvalue weighted by molar-refractivity contribution is 0.0962. The fraction of sp³-hybridized carbons (Fsp3) is 0.111. The lowest BCUT2D eigenvalue weighted by Gasteiger charge is -2.16. The first-order chi connectivity index (χ1) is 11.7. The average Bonchev–Trinajstić information content (AvgIpc) is 3.33. The highest BCUT2D eigenvalue weighted by Gasteiger charge is 2.27. The van der Waals surface area contributed by atoms with Crippen molar-refractivity contribution in [2.24, 2.45) is 0 Å². The second-order valence-electron chi connectivity index (χ2n) is 5.46. The van der Waals surface area contributed by atoms with Crippen molar-refractivity contribution in [3.63, 3.8) is 0 Å². The highest BCUT2D eigenvalue weighted by atomic mass is 32.1. The summed E-state index contributed by atoms with van der Waals surface area (Å²) in [5.41, 5.74) is 2.64. The summed E-state index contributed by atoms with van der Waals surface area (Å²) in [6.07, 6.45) is 2.25. The highest BCUT2D eigenvalue weighted by molar-refractivity contribution is 7.12. The van der Waals surface area contributed by atoms with Gasteiger partial charge < -0.3 is 14.6 Å². The third-order valence-corrected chi connectivity index (χ3v) is 4.82. The van der Waals surface area contributed by atoms with Crippen LogP contribution in [0, 0.1) is 0 Å². The Kier molecular flexibility index (Phi) is 3.66. The zero-order valence-electron chi connectivity index (χ0n) is 12.7. The molecule has 1 N–H and O–H groups in total. The van der Waals surface area contributed by atoms with Crippen LogP contribution >= 0.6 is 11.3 Å². The number of nitrogens with one attached hydrogen (secondary N) is 1. The van der Waals surface area contributed by atoms with Gasteiger partial charge in [0.25, 0.3) is 11.8 Å². The lowest BCUT2D eigenvalue weighted by Crippen LogP contribution is -2.28. The summed E-state index contributed by atoms with van der Waals surface area (Å²) in [4.78, 5) is 27.0. The molecule has 0 atom stereocenters. The van der Waals surface area contributed by atoms with E-state index in [-0.39, 0.29) is 11.8 Å². The molecule has 120 valence electrons. The standard InChI is InChI=1S/C18H14N2O3S/c21-17(16-4-2-10-24-16)19-13-5-6-14-12(11-13)7-8-20(14)18(22)15-3-1-9-23-15/h1-6,9-11H,7-8H2,(H,19,21). The van der Waals surface area contributed by atoms with Gasteiger partial charge in [-0.25, -0.2) is 0 Å². The first-order valence-corrected chi connectivity index (χ1v) is 8.43. The maximum Gasteiger partial charge on any atom is 0.293 e. The molecule has 24 heavy (non-hydrogen) atoms.